The summed E-state index contributed by atoms with van der Waals surface area (Å²) in [7, 11) is 0. The third-order valence-electron chi connectivity index (χ3n) is 2.26. The first kappa shape index (κ1) is 10.8. The summed E-state index contributed by atoms with van der Waals surface area (Å²) in [6.45, 7) is 4.51. The molecule has 2 heterocycles. The van der Waals surface area contributed by atoms with Gasteiger partial charge in [0.25, 0.3) is 0 Å². The fourth-order valence-corrected chi connectivity index (χ4v) is 1.51. The molecule has 2 aromatic heterocycles. The number of rotatable bonds is 6. The van der Waals surface area contributed by atoms with Gasteiger partial charge in [-0.15, -0.1) is 0 Å². The average molecular weight is 221 g/mol. The van der Waals surface area contributed by atoms with Crippen LogP contribution in [0.5, 0.6) is 0 Å². The predicted octanol–water partition coefficient (Wildman–Crippen LogP) is 0.966. The van der Waals surface area contributed by atoms with Crippen LogP contribution in [-0.4, -0.2) is 19.7 Å². The molecule has 0 saturated heterocycles. The summed E-state index contributed by atoms with van der Waals surface area (Å²) in [6.07, 6.45) is 6.17. The van der Waals surface area contributed by atoms with Gasteiger partial charge in [0.05, 0.1) is 18.6 Å². The normalized spacial score (nSPS) is 10.8. The van der Waals surface area contributed by atoms with E-state index >= 15 is 0 Å². The Kier molecular flexibility index (Phi) is 3.66. The fraction of sp³-hybridized carbons (Fsp3) is 0.500. The Bertz CT molecular complexity index is 409. The van der Waals surface area contributed by atoms with E-state index < -0.39 is 0 Å². The highest BCUT2D eigenvalue weighted by Crippen LogP contribution is 2.00. The van der Waals surface area contributed by atoms with Crippen LogP contribution < -0.4 is 5.32 Å². The molecular formula is C10H15N5O. The summed E-state index contributed by atoms with van der Waals surface area (Å²) in [4.78, 5) is 8.06. The number of imidazole rings is 1. The summed E-state index contributed by atoms with van der Waals surface area (Å²) in [5.41, 5.74) is 1.17. The van der Waals surface area contributed by atoms with Crippen molar-refractivity contribution in [2.24, 2.45) is 0 Å². The van der Waals surface area contributed by atoms with Crippen molar-refractivity contribution in [3.8, 4) is 0 Å². The molecule has 0 atom stereocenters. The fourth-order valence-electron chi connectivity index (χ4n) is 1.51. The van der Waals surface area contributed by atoms with Crippen molar-refractivity contribution in [3.63, 3.8) is 0 Å². The van der Waals surface area contributed by atoms with E-state index in [2.05, 4.69) is 36.5 Å². The molecule has 1 N–H and O–H groups in total. The molecular weight excluding hydrogens is 206 g/mol. The summed E-state index contributed by atoms with van der Waals surface area (Å²) in [5.74, 6) is 0.668. The molecule has 0 radical (unpaired) electrons. The summed E-state index contributed by atoms with van der Waals surface area (Å²) in [6, 6.07) is 0. The van der Waals surface area contributed by atoms with E-state index in [1.54, 1.807) is 0 Å². The number of hydrogen-bond acceptors (Lipinski definition) is 5. The van der Waals surface area contributed by atoms with Gasteiger partial charge >= 0.3 is 0 Å². The second-order valence-corrected chi connectivity index (χ2v) is 3.53. The van der Waals surface area contributed by atoms with Crippen molar-refractivity contribution in [1.82, 2.24) is 25.0 Å². The Balaban J connectivity index is 1.82. The molecule has 0 aliphatic heterocycles. The highest BCUT2D eigenvalue weighted by Gasteiger charge is 2.02. The number of aryl methyl sites for hydroxylation is 1. The Labute approximate surface area is 93.7 Å². The van der Waals surface area contributed by atoms with E-state index in [1.165, 1.54) is 12.1 Å². The van der Waals surface area contributed by atoms with Crippen LogP contribution in [0.25, 0.3) is 0 Å². The Hall–Kier alpha value is -1.69. The van der Waals surface area contributed by atoms with E-state index in [4.69, 9.17) is 0 Å². The average Bonchev–Trinajstić information content (AvgIpc) is 2.91. The van der Waals surface area contributed by atoms with Gasteiger partial charge in [-0.2, -0.15) is 4.98 Å². The largest absolute Gasteiger partial charge is 0.343 e. The second-order valence-electron chi connectivity index (χ2n) is 3.53. The highest BCUT2D eigenvalue weighted by atomic mass is 16.5. The van der Waals surface area contributed by atoms with Gasteiger partial charge in [-0.3, -0.25) is 0 Å². The zero-order valence-corrected chi connectivity index (χ0v) is 9.26. The van der Waals surface area contributed by atoms with Gasteiger partial charge in [-0.25, -0.2) is 4.98 Å². The molecule has 0 spiro atoms. The van der Waals surface area contributed by atoms with E-state index in [1.807, 2.05) is 12.5 Å². The van der Waals surface area contributed by atoms with Gasteiger partial charge in [-0.05, 0) is 6.42 Å². The van der Waals surface area contributed by atoms with Crippen molar-refractivity contribution in [2.45, 2.75) is 33.0 Å². The maximum atomic E-state index is 4.65. The number of hydrogen-bond donors (Lipinski definition) is 1. The molecule has 16 heavy (non-hydrogen) atoms. The molecule has 0 fully saturated rings. The minimum Gasteiger partial charge on any atom is -0.343 e. The molecule has 86 valence electrons. The van der Waals surface area contributed by atoms with Crippen molar-refractivity contribution in [3.05, 3.63) is 30.4 Å². The Morgan fingerprint density at radius 1 is 1.44 bits per heavy atom. The molecule has 0 unspecified atom stereocenters. The highest BCUT2D eigenvalue weighted by molar-refractivity contribution is 4.98. The molecule has 0 amide bonds. The monoisotopic (exact) mass is 221 g/mol. The quantitative estimate of drug-likeness (QED) is 0.787. The van der Waals surface area contributed by atoms with Gasteiger partial charge < -0.3 is 14.4 Å². The van der Waals surface area contributed by atoms with Gasteiger partial charge in [-0.1, -0.05) is 12.1 Å². The van der Waals surface area contributed by atoms with Crippen LogP contribution in [0.1, 0.15) is 24.9 Å². The molecule has 2 aromatic rings. The van der Waals surface area contributed by atoms with Crippen LogP contribution >= 0.6 is 0 Å². The van der Waals surface area contributed by atoms with Gasteiger partial charge in [0.1, 0.15) is 0 Å². The summed E-state index contributed by atoms with van der Waals surface area (Å²) in [5, 5.41) is 6.97. The maximum Gasteiger partial charge on any atom is 0.213 e. The minimum atomic E-state index is 0.605. The number of nitrogens with one attached hydrogen (secondary N) is 1. The lowest BCUT2D eigenvalue weighted by Gasteiger charge is -2.06. The summed E-state index contributed by atoms with van der Waals surface area (Å²) < 4.78 is 6.79. The molecule has 0 aromatic carbocycles. The molecule has 6 nitrogen and oxygen atoms in total. The van der Waals surface area contributed by atoms with E-state index in [-0.39, 0.29) is 0 Å². The lowest BCUT2D eigenvalue weighted by atomic mass is 10.4. The zero-order valence-electron chi connectivity index (χ0n) is 9.26. The van der Waals surface area contributed by atoms with Crippen LogP contribution in [0.15, 0.2) is 23.4 Å². The minimum absolute atomic E-state index is 0.605. The van der Waals surface area contributed by atoms with Gasteiger partial charge in [0.15, 0.2) is 5.82 Å². The summed E-state index contributed by atoms with van der Waals surface area (Å²) >= 11 is 0. The van der Waals surface area contributed by atoms with Crippen LogP contribution in [0.2, 0.25) is 0 Å². The number of nitrogens with zero attached hydrogens (tertiary/aromatic N) is 4. The lowest BCUT2D eigenvalue weighted by molar-refractivity contribution is 0.407. The lowest BCUT2D eigenvalue weighted by Crippen LogP contribution is -2.16. The van der Waals surface area contributed by atoms with Crippen molar-refractivity contribution >= 4 is 0 Å². The standard InChI is InChI=1S/C10H15N5O/c1-2-3-15-7-12-5-9(15)4-11-6-10-13-8-16-14-10/h5,7-8,11H,2-4,6H2,1H3. The van der Waals surface area contributed by atoms with E-state index in [0.29, 0.717) is 12.4 Å². The second kappa shape index (κ2) is 5.41. The van der Waals surface area contributed by atoms with Crippen LogP contribution in [0.3, 0.4) is 0 Å². The molecule has 0 bridgehead atoms. The number of aromatic nitrogens is 4. The smallest absolute Gasteiger partial charge is 0.213 e. The first-order chi connectivity index (χ1) is 7.90. The maximum absolute atomic E-state index is 4.65. The third kappa shape index (κ3) is 2.66. The molecule has 2 rings (SSSR count). The van der Waals surface area contributed by atoms with Crippen molar-refractivity contribution < 1.29 is 4.52 Å². The predicted molar refractivity (Wildman–Crippen MR) is 57.4 cm³/mol. The van der Waals surface area contributed by atoms with Gasteiger partial charge in [0.2, 0.25) is 6.39 Å². The molecule has 0 aliphatic rings. The van der Waals surface area contributed by atoms with E-state index in [9.17, 15) is 0 Å². The topological polar surface area (TPSA) is 68.8 Å². The van der Waals surface area contributed by atoms with Crippen molar-refractivity contribution in [1.29, 1.82) is 0 Å². The van der Waals surface area contributed by atoms with Crippen LogP contribution in [0, 0.1) is 0 Å². The molecule has 0 saturated carbocycles. The third-order valence-corrected chi connectivity index (χ3v) is 2.26. The molecule has 0 aliphatic carbocycles. The first-order valence-electron chi connectivity index (χ1n) is 5.35. The van der Waals surface area contributed by atoms with Crippen molar-refractivity contribution in [2.75, 3.05) is 0 Å². The Morgan fingerprint density at radius 3 is 3.12 bits per heavy atom. The van der Waals surface area contributed by atoms with Crippen LogP contribution in [-0.2, 0) is 19.6 Å². The zero-order chi connectivity index (χ0) is 11.2. The van der Waals surface area contributed by atoms with Crippen LogP contribution in [0.4, 0.5) is 0 Å². The van der Waals surface area contributed by atoms with E-state index in [0.717, 1.165) is 19.5 Å². The Morgan fingerprint density at radius 2 is 2.38 bits per heavy atom. The SMILES string of the molecule is CCCn1cncc1CNCc1ncon1. The first-order valence-corrected chi connectivity index (χ1v) is 5.35. The molecule has 6 heteroatoms. The van der Waals surface area contributed by atoms with Gasteiger partial charge in [0, 0.05) is 19.3 Å².